The van der Waals surface area contributed by atoms with E-state index in [4.69, 9.17) is 9.47 Å². The number of carbonyl (C=O) groups excluding carboxylic acids is 2. The molecule has 0 spiro atoms. The van der Waals surface area contributed by atoms with Gasteiger partial charge in [-0.3, -0.25) is 14.6 Å². The van der Waals surface area contributed by atoms with E-state index >= 15 is 0 Å². The summed E-state index contributed by atoms with van der Waals surface area (Å²) in [4.78, 5) is 34.2. The van der Waals surface area contributed by atoms with Gasteiger partial charge in [0.2, 0.25) is 0 Å². The zero-order valence-electron chi connectivity index (χ0n) is 21.7. The maximum atomic E-state index is 13.3. The predicted molar refractivity (Wildman–Crippen MR) is 139 cm³/mol. The first-order valence-corrected chi connectivity index (χ1v) is 12.8. The summed E-state index contributed by atoms with van der Waals surface area (Å²) in [6.07, 6.45) is 5.01. The number of hydrogen-bond donors (Lipinski definition) is 1. The van der Waals surface area contributed by atoms with Crippen molar-refractivity contribution < 1.29 is 24.2 Å². The van der Waals surface area contributed by atoms with Gasteiger partial charge in [-0.2, -0.15) is 0 Å². The number of ketones is 1. The highest BCUT2D eigenvalue weighted by atomic mass is 16.5. The molecule has 1 aromatic carbocycles. The summed E-state index contributed by atoms with van der Waals surface area (Å²) in [5.41, 5.74) is 1.17. The Kier molecular flexibility index (Phi) is 9.87. The number of rotatable bonds is 13. The number of Topliss-reactive ketones (excluding diaryl/α,β-unsaturated/α-hetero) is 1. The van der Waals surface area contributed by atoms with Gasteiger partial charge in [0.25, 0.3) is 11.7 Å². The molecule has 1 fully saturated rings. The van der Waals surface area contributed by atoms with Crippen molar-refractivity contribution in [2.45, 2.75) is 46.6 Å². The highest BCUT2D eigenvalue weighted by Gasteiger charge is 2.46. The van der Waals surface area contributed by atoms with Crippen molar-refractivity contribution in [1.82, 2.24) is 14.8 Å². The molecule has 0 radical (unpaired) electrons. The van der Waals surface area contributed by atoms with Crippen LogP contribution in [0.3, 0.4) is 0 Å². The van der Waals surface area contributed by atoms with E-state index in [1.807, 2.05) is 25.1 Å². The number of likely N-dealkylation sites (tertiary alicyclic amines) is 1. The third-order valence-corrected chi connectivity index (χ3v) is 6.38. The van der Waals surface area contributed by atoms with Gasteiger partial charge in [-0.05, 0) is 56.3 Å². The summed E-state index contributed by atoms with van der Waals surface area (Å²) in [6, 6.07) is 7.94. The maximum Gasteiger partial charge on any atom is 0.295 e. The summed E-state index contributed by atoms with van der Waals surface area (Å²) in [7, 11) is 0. The fraction of sp³-hybridized carbons (Fsp3) is 0.464. The number of hydrogen-bond acceptors (Lipinski definition) is 7. The lowest BCUT2D eigenvalue weighted by Gasteiger charge is -2.28. The third-order valence-electron chi connectivity index (χ3n) is 6.38. The van der Waals surface area contributed by atoms with Gasteiger partial charge in [0.05, 0.1) is 24.8 Å². The molecule has 1 aromatic heterocycles. The molecule has 2 aromatic rings. The average Bonchev–Trinajstić information content (AvgIpc) is 3.15. The molecule has 1 unspecified atom stereocenters. The van der Waals surface area contributed by atoms with Gasteiger partial charge in [0.1, 0.15) is 5.76 Å². The number of aliphatic hydroxyl groups excluding tert-OH is 1. The fourth-order valence-electron chi connectivity index (χ4n) is 4.32. The number of carbonyl (C=O) groups is 2. The van der Waals surface area contributed by atoms with Crippen LogP contribution in [-0.4, -0.2) is 71.0 Å². The van der Waals surface area contributed by atoms with E-state index in [-0.39, 0.29) is 11.3 Å². The second-order valence-corrected chi connectivity index (χ2v) is 8.60. The van der Waals surface area contributed by atoms with Gasteiger partial charge in [-0.1, -0.05) is 33.3 Å². The van der Waals surface area contributed by atoms with Crippen molar-refractivity contribution in [2.24, 2.45) is 0 Å². The van der Waals surface area contributed by atoms with Crippen LogP contribution in [0.25, 0.3) is 5.76 Å². The number of aromatic nitrogens is 1. The Balaban J connectivity index is 2.09. The first-order valence-electron chi connectivity index (χ1n) is 12.8. The number of likely N-dealkylation sites (N-methyl/N-ethyl adjacent to an activating group) is 1. The number of benzene rings is 1. The van der Waals surface area contributed by atoms with Gasteiger partial charge in [-0.25, -0.2) is 0 Å². The van der Waals surface area contributed by atoms with E-state index in [0.29, 0.717) is 48.9 Å². The van der Waals surface area contributed by atoms with Crippen LogP contribution in [0.2, 0.25) is 0 Å². The molecule has 194 valence electrons. The largest absolute Gasteiger partial charge is 0.507 e. The molecule has 36 heavy (non-hydrogen) atoms. The number of nitrogens with zero attached hydrogens (tertiary/aromatic N) is 3. The van der Waals surface area contributed by atoms with Crippen LogP contribution in [0, 0.1) is 0 Å². The number of pyridine rings is 1. The highest BCUT2D eigenvalue weighted by Crippen LogP contribution is 2.42. The quantitative estimate of drug-likeness (QED) is 0.190. The van der Waals surface area contributed by atoms with Gasteiger partial charge in [0.15, 0.2) is 11.5 Å². The van der Waals surface area contributed by atoms with Crippen LogP contribution in [0.15, 0.2) is 48.3 Å². The topological polar surface area (TPSA) is 92.2 Å². The van der Waals surface area contributed by atoms with Crippen molar-refractivity contribution in [3.8, 4) is 11.5 Å². The zero-order chi connectivity index (χ0) is 26.1. The molecule has 1 amide bonds. The number of unbranched alkanes of at least 4 members (excludes halogenated alkanes) is 1. The molecular weight excluding hydrogens is 458 g/mol. The summed E-state index contributed by atoms with van der Waals surface area (Å²) in [6.45, 7) is 11.7. The summed E-state index contributed by atoms with van der Waals surface area (Å²) in [5.74, 6) is -0.376. The molecule has 0 aliphatic carbocycles. The molecule has 8 heteroatoms. The summed E-state index contributed by atoms with van der Waals surface area (Å²) < 4.78 is 11.8. The molecule has 1 N–H and O–H groups in total. The van der Waals surface area contributed by atoms with Crippen molar-refractivity contribution >= 4 is 17.4 Å². The maximum absolute atomic E-state index is 13.3. The van der Waals surface area contributed by atoms with Crippen LogP contribution in [0.1, 0.15) is 57.7 Å². The SMILES string of the molecule is CCCCOc1ccc(C2C(=C(O)c3ccncc3)C(=O)C(=O)N2CCN(CC)CC)cc1OCC. The molecular formula is C28H37N3O5. The van der Waals surface area contributed by atoms with Crippen molar-refractivity contribution in [2.75, 3.05) is 39.4 Å². The molecule has 1 aliphatic rings. The molecule has 2 heterocycles. The lowest BCUT2D eigenvalue weighted by molar-refractivity contribution is -0.140. The van der Waals surface area contributed by atoms with Crippen LogP contribution in [0.4, 0.5) is 0 Å². The van der Waals surface area contributed by atoms with E-state index in [2.05, 4.69) is 30.7 Å². The minimum absolute atomic E-state index is 0.0628. The molecule has 8 nitrogen and oxygen atoms in total. The number of amides is 1. The monoisotopic (exact) mass is 495 g/mol. The second kappa shape index (κ2) is 13.1. The standard InChI is InChI=1S/C28H37N3O5/c1-5-9-18-36-22-11-10-21(19-23(22)35-8-4)25-24(26(32)20-12-14-29-15-13-20)27(33)28(34)31(25)17-16-30(6-2)7-3/h10-15,19,25,32H,5-9,16-18H2,1-4H3. The predicted octanol–water partition coefficient (Wildman–Crippen LogP) is 4.42. The third kappa shape index (κ3) is 6.05. The van der Waals surface area contributed by atoms with Crippen LogP contribution >= 0.6 is 0 Å². The van der Waals surface area contributed by atoms with E-state index in [0.717, 1.165) is 25.9 Å². The molecule has 1 aliphatic heterocycles. The lowest BCUT2D eigenvalue weighted by Crippen LogP contribution is -2.38. The van der Waals surface area contributed by atoms with E-state index in [1.165, 1.54) is 12.4 Å². The van der Waals surface area contributed by atoms with Crippen molar-refractivity contribution in [1.29, 1.82) is 0 Å². The number of ether oxygens (including phenoxy) is 2. The highest BCUT2D eigenvalue weighted by molar-refractivity contribution is 6.46. The van der Waals surface area contributed by atoms with Crippen LogP contribution in [0.5, 0.6) is 11.5 Å². The van der Waals surface area contributed by atoms with E-state index in [9.17, 15) is 14.7 Å². The molecule has 1 saturated heterocycles. The Bertz CT molecular complexity index is 1070. The van der Waals surface area contributed by atoms with E-state index < -0.39 is 17.7 Å². The molecule has 3 rings (SSSR count). The minimum atomic E-state index is -0.752. The second-order valence-electron chi connectivity index (χ2n) is 8.60. The first kappa shape index (κ1) is 27.2. The van der Waals surface area contributed by atoms with Crippen LogP contribution in [-0.2, 0) is 9.59 Å². The van der Waals surface area contributed by atoms with Gasteiger partial charge < -0.3 is 24.4 Å². The summed E-state index contributed by atoms with van der Waals surface area (Å²) in [5, 5.41) is 11.2. The molecule has 0 bridgehead atoms. The minimum Gasteiger partial charge on any atom is -0.507 e. The summed E-state index contributed by atoms with van der Waals surface area (Å²) >= 11 is 0. The fourth-order valence-corrected chi connectivity index (χ4v) is 4.32. The average molecular weight is 496 g/mol. The van der Waals surface area contributed by atoms with E-state index in [1.54, 1.807) is 17.0 Å². The van der Waals surface area contributed by atoms with Crippen LogP contribution < -0.4 is 9.47 Å². The molecule has 0 saturated carbocycles. The molecule has 1 atom stereocenters. The first-order chi connectivity index (χ1) is 17.5. The Morgan fingerprint density at radius 2 is 1.75 bits per heavy atom. The zero-order valence-corrected chi connectivity index (χ0v) is 21.7. The Morgan fingerprint density at radius 3 is 2.39 bits per heavy atom. The smallest absolute Gasteiger partial charge is 0.295 e. The van der Waals surface area contributed by atoms with Gasteiger partial charge >= 0.3 is 0 Å². The van der Waals surface area contributed by atoms with Gasteiger partial charge in [-0.15, -0.1) is 0 Å². The lowest BCUT2D eigenvalue weighted by atomic mass is 9.95. The number of aliphatic hydroxyl groups is 1. The van der Waals surface area contributed by atoms with Crippen molar-refractivity contribution in [3.63, 3.8) is 0 Å². The normalized spacial score (nSPS) is 17.1. The Hall–Kier alpha value is -3.39. The van der Waals surface area contributed by atoms with Gasteiger partial charge in [0, 0.05) is 31.0 Å². The Morgan fingerprint density at radius 1 is 1.03 bits per heavy atom. The Labute approximate surface area is 213 Å². The van der Waals surface area contributed by atoms with Crippen molar-refractivity contribution in [3.05, 3.63) is 59.4 Å².